The van der Waals surface area contributed by atoms with E-state index in [1.807, 2.05) is 0 Å². The topological polar surface area (TPSA) is 85.7 Å². The van der Waals surface area contributed by atoms with E-state index in [9.17, 15) is 4.79 Å². The molecule has 0 aliphatic carbocycles. The first kappa shape index (κ1) is 11.7. The molecule has 5 heteroatoms. The van der Waals surface area contributed by atoms with Gasteiger partial charge in [-0.15, -0.1) is 0 Å². The Morgan fingerprint density at radius 1 is 1.73 bits per heavy atom. The molecule has 1 heterocycles. The molecule has 0 amide bonds. The van der Waals surface area contributed by atoms with Crippen LogP contribution in [-0.4, -0.2) is 30.8 Å². The normalized spacial score (nSPS) is 12.5. The molecule has 0 radical (unpaired) electrons. The van der Waals surface area contributed by atoms with Gasteiger partial charge >= 0.3 is 5.97 Å². The molecule has 0 aromatic carbocycles. The van der Waals surface area contributed by atoms with Gasteiger partial charge < -0.3 is 20.0 Å². The third-order valence-corrected chi connectivity index (χ3v) is 2.07. The predicted octanol–water partition coefficient (Wildman–Crippen LogP) is 0.237. The van der Waals surface area contributed by atoms with Gasteiger partial charge in [0.25, 0.3) is 0 Å². The molecule has 0 spiro atoms. The summed E-state index contributed by atoms with van der Waals surface area (Å²) in [5.41, 5.74) is 5.95. The highest BCUT2D eigenvalue weighted by Crippen LogP contribution is 2.16. The van der Waals surface area contributed by atoms with Crippen molar-refractivity contribution < 1.29 is 19.1 Å². The summed E-state index contributed by atoms with van der Waals surface area (Å²) in [7, 11) is 1.31. The van der Waals surface area contributed by atoms with Gasteiger partial charge in [-0.3, -0.25) is 0 Å². The van der Waals surface area contributed by atoms with Crippen LogP contribution in [-0.2, 0) is 11.2 Å². The molecular formula is C10H15NO4. The predicted molar refractivity (Wildman–Crippen MR) is 53.5 cm³/mol. The Bertz CT molecular complexity index is 345. The summed E-state index contributed by atoms with van der Waals surface area (Å²) >= 11 is 0. The van der Waals surface area contributed by atoms with Crippen LogP contribution in [0.25, 0.3) is 0 Å². The van der Waals surface area contributed by atoms with Crippen LogP contribution in [0.15, 0.2) is 10.5 Å². The van der Waals surface area contributed by atoms with Gasteiger partial charge in [-0.25, -0.2) is 4.79 Å². The van der Waals surface area contributed by atoms with Crippen molar-refractivity contribution in [2.75, 3.05) is 13.7 Å². The molecule has 0 aliphatic rings. The van der Waals surface area contributed by atoms with Crippen LogP contribution in [0.1, 0.15) is 21.9 Å². The molecular weight excluding hydrogens is 198 g/mol. The minimum Gasteiger partial charge on any atom is -0.465 e. The number of rotatable bonds is 4. The average molecular weight is 213 g/mol. The van der Waals surface area contributed by atoms with Gasteiger partial charge in [0, 0.05) is 12.5 Å². The smallest absolute Gasteiger partial charge is 0.341 e. The van der Waals surface area contributed by atoms with Crippen LogP contribution in [0.5, 0.6) is 0 Å². The summed E-state index contributed by atoms with van der Waals surface area (Å²) in [6.45, 7) is 1.56. The van der Waals surface area contributed by atoms with Crippen LogP contribution in [0.2, 0.25) is 0 Å². The summed E-state index contributed by atoms with van der Waals surface area (Å²) in [4.78, 5) is 11.2. The Balaban J connectivity index is 2.81. The van der Waals surface area contributed by atoms with Gasteiger partial charge in [-0.1, -0.05) is 0 Å². The number of aliphatic hydroxyl groups excluding tert-OH is 1. The number of carbonyl (C=O) groups is 1. The van der Waals surface area contributed by atoms with E-state index in [1.165, 1.54) is 7.11 Å². The molecule has 15 heavy (non-hydrogen) atoms. The number of aryl methyl sites for hydroxylation is 1. The Morgan fingerprint density at radius 2 is 2.40 bits per heavy atom. The number of hydrogen-bond donors (Lipinski definition) is 2. The van der Waals surface area contributed by atoms with Gasteiger partial charge in [-0.05, 0) is 13.0 Å². The summed E-state index contributed by atoms with van der Waals surface area (Å²) < 4.78 is 9.90. The highest BCUT2D eigenvalue weighted by Gasteiger charge is 2.16. The van der Waals surface area contributed by atoms with Crippen molar-refractivity contribution in [2.45, 2.75) is 19.4 Å². The Hall–Kier alpha value is -1.33. The first-order valence-electron chi connectivity index (χ1n) is 4.62. The average Bonchev–Trinajstić information content (AvgIpc) is 2.58. The van der Waals surface area contributed by atoms with E-state index in [1.54, 1.807) is 13.0 Å². The largest absolute Gasteiger partial charge is 0.465 e. The van der Waals surface area contributed by atoms with Crippen molar-refractivity contribution >= 4 is 5.97 Å². The molecule has 1 unspecified atom stereocenters. The van der Waals surface area contributed by atoms with Crippen molar-refractivity contribution in [2.24, 2.45) is 5.73 Å². The quantitative estimate of drug-likeness (QED) is 0.699. The van der Waals surface area contributed by atoms with Crippen LogP contribution >= 0.6 is 0 Å². The minimum absolute atomic E-state index is 0.118. The van der Waals surface area contributed by atoms with E-state index in [0.29, 0.717) is 23.5 Å². The second kappa shape index (κ2) is 4.95. The molecule has 1 atom stereocenters. The van der Waals surface area contributed by atoms with Crippen molar-refractivity contribution in [1.29, 1.82) is 0 Å². The number of furan rings is 1. The molecule has 84 valence electrons. The summed E-state index contributed by atoms with van der Waals surface area (Å²) in [5.74, 6) is 0.650. The molecule has 0 saturated heterocycles. The lowest BCUT2D eigenvalue weighted by Crippen LogP contribution is -2.26. The zero-order valence-electron chi connectivity index (χ0n) is 8.82. The lowest BCUT2D eigenvalue weighted by molar-refractivity contribution is 0.0599. The van der Waals surface area contributed by atoms with Crippen LogP contribution in [0.3, 0.4) is 0 Å². The first-order chi connectivity index (χ1) is 7.08. The van der Waals surface area contributed by atoms with Crippen molar-refractivity contribution in [3.63, 3.8) is 0 Å². The second-order valence-corrected chi connectivity index (χ2v) is 3.32. The zero-order chi connectivity index (χ0) is 11.4. The molecule has 1 aromatic heterocycles. The third kappa shape index (κ3) is 2.81. The summed E-state index contributed by atoms with van der Waals surface area (Å²) in [6.07, 6.45) is 0.397. The maximum absolute atomic E-state index is 11.2. The Kier molecular flexibility index (Phi) is 3.88. The highest BCUT2D eigenvalue weighted by molar-refractivity contribution is 5.90. The fourth-order valence-electron chi connectivity index (χ4n) is 1.28. The molecule has 0 aliphatic heterocycles. The van der Waals surface area contributed by atoms with Crippen molar-refractivity contribution in [3.05, 3.63) is 23.2 Å². The molecule has 3 N–H and O–H groups in total. The van der Waals surface area contributed by atoms with Gasteiger partial charge in [-0.2, -0.15) is 0 Å². The van der Waals surface area contributed by atoms with Crippen molar-refractivity contribution in [1.82, 2.24) is 0 Å². The fraction of sp³-hybridized carbons (Fsp3) is 0.500. The molecule has 1 aromatic rings. The second-order valence-electron chi connectivity index (χ2n) is 3.32. The van der Waals surface area contributed by atoms with E-state index < -0.39 is 5.97 Å². The maximum Gasteiger partial charge on any atom is 0.341 e. The monoisotopic (exact) mass is 213 g/mol. The minimum atomic E-state index is -0.430. The lowest BCUT2D eigenvalue weighted by Gasteiger charge is -2.03. The van der Waals surface area contributed by atoms with E-state index in [0.717, 1.165) is 0 Å². The molecule has 0 saturated carbocycles. The maximum atomic E-state index is 11.2. The Morgan fingerprint density at radius 3 is 2.93 bits per heavy atom. The SMILES string of the molecule is COC(=O)c1cc(CC(N)CO)oc1C. The summed E-state index contributed by atoms with van der Waals surface area (Å²) in [5, 5.41) is 8.77. The number of methoxy groups -OCH3 is 1. The number of aliphatic hydroxyl groups is 1. The van der Waals surface area contributed by atoms with E-state index >= 15 is 0 Å². The highest BCUT2D eigenvalue weighted by atomic mass is 16.5. The van der Waals surface area contributed by atoms with Crippen molar-refractivity contribution in [3.8, 4) is 0 Å². The number of carbonyl (C=O) groups excluding carboxylic acids is 1. The fourth-order valence-corrected chi connectivity index (χ4v) is 1.28. The Labute approximate surface area is 87.8 Å². The van der Waals surface area contributed by atoms with E-state index in [2.05, 4.69) is 4.74 Å². The number of nitrogens with two attached hydrogens (primary N) is 1. The molecule has 0 fully saturated rings. The molecule has 0 bridgehead atoms. The van der Waals surface area contributed by atoms with Gasteiger partial charge in [0.05, 0.1) is 13.7 Å². The van der Waals surface area contributed by atoms with E-state index in [-0.39, 0.29) is 12.6 Å². The zero-order valence-corrected chi connectivity index (χ0v) is 8.82. The third-order valence-electron chi connectivity index (χ3n) is 2.07. The number of hydrogen-bond acceptors (Lipinski definition) is 5. The number of esters is 1. The van der Waals surface area contributed by atoms with Gasteiger partial charge in [0.2, 0.25) is 0 Å². The van der Waals surface area contributed by atoms with Crippen LogP contribution < -0.4 is 5.73 Å². The number of ether oxygens (including phenoxy) is 1. The van der Waals surface area contributed by atoms with Gasteiger partial charge in [0.1, 0.15) is 17.1 Å². The lowest BCUT2D eigenvalue weighted by atomic mass is 10.1. The van der Waals surface area contributed by atoms with Crippen LogP contribution in [0.4, 0.5) is 0 Å². The van der Waals surface area contributed by atoms with Crippen LogP contribution in [0, 0.1) is 6.92 Å². The van der Waals surface area contributed by atoms with E-state index in [4.69, 9.17) is 15.3 Å². The first-order valence-corrected chi connectivity index (χ1v) is 4.62. The molecule has 5 nitrogen and oxygen atoms in total. The standard InChI is InChI=1S/C10H15NO4/c1-6-9(10(13)14-2)4-8(15-6)3-7(11)5-12/h4,7,12H,3,5,11H2,1-2H3. The molecule has 1 rings (SSSR count). The summed E-state index contributed by atoms with van der Waals surface area (Å²) in [6, 6.07) is 1.22. The van der Waals surface area contributed by atoms with Gasteiger partial charge in [0.15, 0.2) is 0 Å².